The lowest BCUT2D eigenvalue weighted by atomic mass is 10.00. The van der Waals surface area contributed by atoms with Crippen LogP contribution in [0.5, 0.6) is 0 Å². The van der Waals surface area contributed by atoms with Crippen molar-refractivity contribution in [2.45, 2.75) is 62.8 Å². The van der Waals surface area contributed by atoms with E-state index in [-0.39, 0.29) is 0 Å². The highest BCUT2D eigenvalue weighted by molar-refractivity contribution is 7.99. The van der Waals surface area contributed by atoms with Crippen molar-refractivity contribution in [1.82, 2.24) is 5.32 Å². The minimum Gasteiger partial charge on any atom is -0.313 e. The summed E-state index contributed by atoms with van der Waals surface area (Å²) in [6.07, 6.45) is 9.69. The minimum atomic E-state index is 0.709. The molecule has 2 heteroatoms. The van der Waals surface area contributed by atoms with E-state index in [2.05, 4.69) is 42.2 Å². The molecule has 0 bridgehead atoms. The van der Waals surface area contributed by atoms with E-state index in [0.29, 0.717) is 6.04 Å². The normalized spacial score (nSPS) is 20.2. The molecule has 0 heterocycles. The lowest BCUT2D eigenvalue weighted by Crippen LogP contribution is -2.37. The fraction of sp³-hybridized carbons (Fsp3) is 0.667. The number of hydrogen-bond donors (Lipinski definition) is 1. The number of fused-ring (bicyclic) bond motifs is 1. The van der Waals surface area contributed by atoms with Crippen molar-refractivity contribution in [3.63, 3.8) is 0 Å². The summed E-state index contributed by atoms with van der Waals surface area (Å²) in [7, 11) is 0. The fourth-order valence-electron chi connectivity index (χ4n) is 3.81. The van der Waals surface area contributed by atoms with Crippen LogP contribution in [0.1, 0.15) is 50.2 Å². The molecule has 1 aromatic rings. The topological polar surface area (TPSA) is 12.0 Å². The van der Waals surface area contributed by atoms with E-state index in [1.54, 1.807) is 11.1 Å². The number of aryl methyl sites for hydroxylation is 2. The van der Waals surface area contributed by atoms with Crippen molar-refractivity contribution >= 4 is 11.8 Å². The number of nitrogens with one attached hydrogen (secondary N) is 1. The monoisotopic (exact) mass is 289 g/mol. The number of rotatable bonds is 6. The minimum absolute atomic E-state index is 0.709. The number of benzene rings is 1. The van der Waals surface area contributed by atoms with E-state index in [1.807, 2.05) is 0 Å². The van der Waals surface area contributed by atoms with Gasteiger partial charge in [-0.05, 0) is 67.8 Å². The molecule has 0 aliphatic heterocycles. The molecule has 1 atom stereocenters. The summed E-state index contributed by atoms with van der Waals surface area (Å²) >= 11 is 2.06. The van der Waals surface area contributed by atoms with Crippen LogP contribution in [0.15, 0.2) is 23.1 Å². The van der Waals surface area contributed by atoms with Crippen LogP contribution in [-0.4, -0.2) is 18.3 Å². The van der Waals surface area contributed by atoms with Gasteiger partial charge in [0.2, 0.25) is 0 Å². The standard InChI is InChI=1S/C18H27NS/c1-2-19-18(15-6-3-4-7-15)13-20-17-11-10-14-8-5-9-16(14)12-17/h10-12,15,18-19H,2-9,13H2,1H3. The van der Waals surface area contributed by atoms with Crippen molar-refractivity contribution in [2.24, 2.45) is 5.92 Å². The van der Waals surface area contributed by atoms with Crippen LogP contribution in [0.2, 0.25) is 0 Å². The highest BCUT2D eigenvalue weighted by atomic mass is 32.2. The maximum Gasteiger partial charge on any atom is 0.0189 e. The summed E-state index contributed by atoms with van der Waals surface area (Å²) in [4.78, 5) is 1.48. The van der Waals surface area contributed by atoms with Crippen LogP contribution < -0.4 is 5.32 Å². The molecule has 0 amide bonds. The van der Waals surface area contributed by atoms with Gasteiger partial charge in [-0.2, -0.15) is 0 Å². The van der Waals surface area contributed by atoms with Gasteiger partial charge in [-0.15, -0.1) is 11.8 Å². The SMILES string of the molecule is CCNC(CSc1ccc2c(c1)CCC2)C1CCCC1. The van der Waals surface area contributed by atoms with E-state index >= 15 is 0 Å². The zero-order chi connectivity index (χ0) is 13.8. The van der Waals surface area contributed by atoms with Gasteiger partial charge in [0.15, 0.2) is 0 Å². The third-order valence-corrected chi connectivity index (χ3v) is 6.05. The first-order valence-electron chi connectivity index (χ1n) is 8.35. The quantitative estimate of drug-likeness (QED) is 0.777. The highest BCUT2D eigenvalue weighted by Gasteiger charge is 2.24. The number of hydrogen-bond acceptors (Lipinski definition) is 2. The van der Waals surface area contributed by atoms with Gasteiger partial charge < -0.3 is 5.32 Å². The summed E-state index contributed by atoms with van der Waals surface area (Å²) in [5.74, 6) is 2.15. The average molecular weight is 289 g/mol. The molecule has 2 aliphatic rings. The lowest BCUT2D eigenvalue weighted by Gasteiger charge is -2.24. The van der Waals surface area contributed by atoms with Gasteiger partial charge in [-0.1, -0.05) is 25.8 Å². The second kappa shape index (κ2) is 7.00. The maximum absolute atomic E-state index is 3.73. The Hall–Kier alpha value is -0.470. The van der Waals surface area contributed by atoms with Gasteiger partial charge in [-0.3, -0.25) is 0 Å². The molecule has 110 valence electrons. The van der Waals surface area contributed by atoms with Crippen LogP contribution in [0, 0.1) is 5.92 Å². The van der Waals surface area contributed by atoms with Gasteiger partial charge in [0.1, 0.15) is 0 Å². The van der Waals surface area contributed by atoms with Crippen molar-refractivity contribution in [1.29, 1.82) is 0 Å². The van der Waals surface area contributed by atoms with Crippen LogP contribution in [0.3, 0.4) is 0 Å². The summed E-state index contributed by atoms with van der Waals surface area (Å²) in [6.45, 7) is 3.34. The molecule has 1 aromatic carbocycles. The van der Waals surface area contributed by atoms with E-state index < -0.39 is 0 Å². The molecule has 20 heavy (non-hydrogen) atoms. The third-order valence-electron chi connectivity index (χ3n) is 4.93. The maximum atomic E-state index is 3.73. The molecule has 2 aliphatic carbocycles. The van der Waals surface area contributed by atoms with Crippen molar-refractivity contribution in [2.75, 3.05) is 12.3 Å². The summed E-state index contributed by atoms with van der Waals surface area (Å²) in [6, 6.07) is 7.86. The molecule has 1 unspecified atom stereocenters. The molecule has 1 nitrogen and oxygen atoms in total. The molecule has 0 radical (unpaired) electrons. The predicted octanol–water partition coefficient (Wildman–Crippen LogP) is 4.44. The first-order chi connectivity index (χ1) is 9.86. The zero-order valence-electron chi connectivity index (χ0n) is 12.7. The van der Waals surface area contributed by atoms with Gasteiger partial charge in [-0.25, -0.2) is 0 Å². The predicted molar refractivity (Wildman–Crippen MR) is 88.6 cm³/mol. The molecule has 3 rings (SSSR count). The fourth-order valence-corrected chi connectivity index (χ4v) is 4.96. The summed E-state index contributed by atoms with van der Waals surface area (Å²) in [5, 5.41) is 3.73. The second-order valence-electron chi connectivity index (χ2n) is 6.30. The van der Waals surface area contributed by atoms with Crippen molar-refractivity contribution in [3.8, 4) is 0 Å². The Labute approximate surface area is 127 Å². The van der Waals surface area contributed by atoms with Gasteiger partial charge in [0.05, 0.1) is 0 Å². The molecule has 0 spiro atoms. The Morgan fingerprint density at radius 3 is 2.75 bits per heavy atom. The smallest absolute Gasteiger partial charge is 0.0189 e. The molecule has 1 N–H and O–H groups in total. The van der Waals surface area contributed by atoms with Gasteiger partial charge in [0.25, 0.3) is 0 Å². The summed E-state index contributed by atoms with van der Waals surface area (Å²) in [5.41, 5.74) is 3.20. The molecule has 0 saturated heterocycles. The first-order valence-corrected chi connectivity index (χ1v) is 9.33. The Balaban J connectivity index is 1.58. The Bertz CT molecular complexity index is 437. The van der Waals surface area contributed by atoms with Crippen molar-refractivity contribution in [3.05, 3.63) is 29.3 Å². The Morgan fingerprint density at radius 2 is 1.95 bits per heavy atom. The molecule has 1 fully saturated rings. The van der Waals surface area contributed by atoms with Crippen molar-refractivity contribution < 1.29 is 0 Å². The highest BCUT2D eigenvalue weighted by Crippen LogP contribution is 2.32. The third kappa shape index (κ3) is 3.40. The zero-order valence-corrected chi connectivity index (χ0v) is 13.5. The Kier molecular flexibility index (Phi) is 5.06. The Morgan fingerprint density at radius 1 is 1.15 bits per heavy atom. The van der Waals surface area contributed by atoms with Gasteiger partial charge in [0, 0.05) is 16.7 Å². The van der Waals surface area contributed by atoms with Crippen LogP contribution in [-0.2, 0) is 12.8 Å². The van der Waals surface area contributed by atoms with Crippen LogP contribution in [0.4, 0.5) is 0 Å². The molecule has 1 saturated carbocycles. The molecular weight excluding hydrogens is 262 g/mol. The molecular formula is C18H27NS. The van der Waals surface area contributed by atoms with Gasteiger partial charge >= 0.3 is 0 Å². The largest absolute Gasteiger partial charge is 0.313 e. The van der Waals surface area contributed by atoms with E-state index in [9.17, 15) is 0 Å². The van der Waals surface area contributed by atoms with E-state index in [1.165, 1.54) is 55.6 Å². The van der Waals surface area contributed by atoms with E-state index in [4.69, 9.17) is 0 Å². The van der Waals surface area contributed by atoms with Crippen LogP contribution >= 0.6 is 11.8 Å². The van der Waals surface area contributed by atoms with Crippen LogP contribution in [0.25, 0.3) is 0 Å². The average Bonchev–Trinajstić information content (AvgIpc) is 3.13. The first kappa shape index (κ1) is 14.5. The van der Waals surface area contributed by atoms with E-state index in [0.717, 1.165) is 12.5 Å². The lowest BCUT2D eigenvalue weighted by molar-refractivity contribution is 0.394. The second-order valence-corrected chi connectivity index (χ2v) is 7.40. The molecule has 0 aromatic heterocycles. The number of thioether (sulfide) groups is 1. The summed E-state index contributed by atoms with van der Waals surface area (Å²) < 4.78 is 0.